The lowest BCUT2D eigenvalue weighted by Crippen LogP contribution is -2.29. The number of amides is 1. The quantitative estimate of drug-likeness (QED) is 0.632. The molecule has 1 fully saturated rings. The van der Waals surface area contributed by atoms with Gasteiger partial charge in [0.05, 0.1) is 29.4 Å². The molecule has 26 heavy (non-hydrogen) atoms. The molecule has 0 saturated heterocycles. The number of aromatic amines is 1. The van der Waals surface area contributed by atoms with E-state index in [0.717, 1.165) is 41.6 Å². The Bertz CT molecular complexity index is 932. The van der Waals surface area contributed by atoms with Gasteiger partial charge in [0.25, 0.3) is 0 Å². The van der Waals surface area contributed by atoms with Gasteiger partial charge in [-0.15, -0.1) is 11.3 Å². The van der Waals surface area contributed by atoms with Crippen LogP contribution in [0.5, 0.6) is 5.75 Å². The number of ether oxygens (including phenoxy) is 1. The molecule has 136 valence electrons. The highest BCUT2D eigenvalue weighted by Crippen LogP contribution is 2.45. The molecule has 0 unspecified atom stereocenters. The number of halogens is 1. The zero-order valence-corrected chi connectivity index (χ0v) is 16.0. The number of H-pyrrole nitrogens is 1. The van der Waals surface area contributed by atoms with E-state index in [2.05, 4.69) is 15.3 Å². The van der Waals surface area contributed by atoms with Gasteiger partial charge in [-0.3, -0.25) is 4.79 Å². The molecule has 1 aliphatic carbocycles. The van der Waals surface area contributed by atoms with E-state index in [4.69, 9.17) is 16.3 Å². The fraction of sp³-hybridized carbons (Fsp3) is 0.368. The largest absolute Gasteiger partial charge is 0.492 e. The van der Waals surface area contributed by atoms with E-state index < -0.39 is 0 Å². The highest BCUT2D eigenvalue weighted by atomic mass is 35.5. The van der Waals surface area contributed by atoms with Crippen molar-refractivity contribution in [3.63, 3.8) is 0 Å². The smallest absolute Gasteiger partial charge is 0.226 e. The molecule has 0 atom stereocenters. The Balaban J connectivity index is 1.41. The number of nitrogens with zero attached hydrogens (tertiary/aromatic N) is 1. The summed E-state index contributed by atoms with van der Waals surface area (Å²) in [5.41, 5.74) is 4.58. The molecule has 0 aliphatic heterocycles. The summed E-state index contributed by atoms with van der Waals surface area (Å²) in [6, 6.07) is 5.81. The number of carbonyl (C=O) groups is 1. The monoisotopic (exact) mass is 389 g/mol. The standard InChI is InChI=1S/C19H20ClN3O2S/c1-19(3-4-19)18(24)21-9-14-6-12-7-15(20)17(8-16(12)23-14)25-5-2-13-10-26-11-22-13/h6-8,10-11,23H,2-5,9H2,1H3,(H,21,24). The van der Waals surface area contributed by atoms with Crippen LogP contribution in [0.4, 0.5) is 0 Å². The van der Waals surface area contributed by atoms with Gasteiger partial charge in [0, 0.05) is 39.9 Å². The SMILES string of the molecule is CC1(C(=O)NCc2cc3cc(Cl)c(OCCc4cscn4)cc3[nH]2)CC1. The van der Waals surface area contributed by atoms with Crippen LogP contribution >= 0.6 is 22.9 Å². The maximum atomic E-state index is 12.1. The number of carbonyl (C=O) groups excluding carboxylic acids is 1. The Kier molecular flexibility index (Phi) is 4.63. The van der Waals surface area contributed by atoms with E-state index in [1.807, 2.05) is 36.0 Å². The van der Waals surface area contributed by atoms with Crippen molar-refractivity contribution in [1.82, 2.24) is 15.3 Å². The highest BCUT2D eigenvalue weighted by molar-refractivity contribution is 7.07. The van der Waals surface area contributed by atoms with E-state index in [1.54, 1.807) is 11.3 Å². The Morgan fingerprint density at radius 3 is 3.00 bits per heavy atom. The van der Waals surface area contributed by atoms with E-state index >= 15 is 0 Å². The lowest BCUT2D eigenvalue weighted by molar-refractivity contribution is -0.125. The van der Waals surface area contributed by atoms with Crippen LogP contribution in [-0.2, 0) is 17.8 Å². The molecule has 1 saturated carbocycles. The average Bonchev–Trinajstić information content (AvgIpc) is 3.02. The zero-order chi connectivity index (χ0) is 18.1. The number of fused-ring (bicyclic) bond motifs is 1. The molecule has 1 aliphatic rings. The average molecular weight is 390 g/mol. The summed E-state index contributed by atoms with van der Waals surface area (Å²) < 4.78 is 5.82. The summed E-state index contributed by atoms with van der Waals surface area (Å²) in [6.07, 6.45) is 2.70. The predicted molar refractivity (Wildman–Crippen MR) is 104 cm³/mol. The number of hydrogen-bond acceptors (Lipinski definition) is 4. The molecule has 2 aromatic heterocycles. The van der Waals surface area contributed by atoms with Crippen LogP contribution in [0.15, 0.2) is 29.1 Å². The van der Waals surface area contributed by atoms with Crippen molar-refractivity contribution in [2.75, 3.05) is 6.61 Å². The Morgan fingerprint density at radius 2 is 2.27 bits per heavy atom. The van der Waals surface area contributed by atoms with Crippen LogP contribution < -0.4 is 10.1 Å². The summed E-state index contributed by atoms with van der Waals surface area (Å²) >= 11 is 7.92. The predicted octanol–water partition coefficient (Wildman–Crippen LogP) is 4.32. The second-order valence-electron chi connectivity index (χ2n) is 6.99. The van der Waals surface area contributed by atoms with Gasteiger partial charge in [0.1, 0.15) is 5.75 Å². The molecule has 3 aromatic rings. The van der Waals surface area contributed by atoms with Crippen molar-refractivity contribution in [2.24, 2.45) is 5.41 Å². The van der Waals surface area contributed by atoms with Crippen LogP contribution in [0, 0.1) is 5.41 Å². The lowest BCUT2D eigenvalue weighted by Gasteiger charge is -2.08. The number of benzene rings is 1. The van der Waals surface area contributed by atoms with Crippen molar-refractivity contribution in [1.29, 1.82) is 0 Å². The second-order valence-corrected chi connectivity index (χ2v) is 8.11. The van der Waals surface area contributed by atoms with Gasteiger partial charge in [-0.05, 0) is 25.0 Å². The molecule has 2 N–H and O–H groups in total. The Morgan fingerprint density at radius 1 is 1.42 bits per heavy atom. The minimum Gasteiger partial charge on any atom is -0.492 e. The maximum absolute atomic E-state index is 12.1. The third-order valence-corrected chi connectivity index (χ3v) is 5.75. The summed E-state index contributed by atoms with van der Waals surface area (Å²) in [5, 5.41) is 6.60. The van der Waals surface area contributed by atoms with Gasteiger partial charge >= 0.3 is 0 Å². The maximum Gasteiger partial charge on any atom is 0.226 e. The number of hydrogen-bond donors (Lipinski definition) is 2. The second kappa shape index (κ2) is 6.93. The first-order chi connectivity index (χ1) is 12.5. The molecule has 0 bridgehead atoms. The first-order valence-electron chi connectivity index (χ1n) is 8.63. The number of aromatic nitrogens is 2. The van der Waals surface area contributed by atoms with Crippen LogP contribution in [0.2, 0.25) is 5.02 Å². The lowest BCUT2D eigenvalue weighted by atomic mass is 10.1. The number of rotatable bonds is 7. The summed E-state index contributed by atoms with van der Waals surface area (Å²) in [6.45, 7) is 3.01. The van der Waals surface area contributed by atoms with E-state index in [0.29, 0.717) is 23.9 Å². The van der Waals surface area contributed by atoms with Gasteiger partial charge in [0.15, 0.2) is 0 Å². The van der Waals surface area contributed by atoms with Crippen LogP contribution in [0.25, 0.3) is 10.9 Å². The minimum atomic E-state index is -0.159. The Labute approximate surface area is 160 Å². The third-order valence-electron chi connectivity index (χ3n) is 4.82. The van der Waals surface area contributed by atoms with Crippen molar-refractivity contribution < 1.29 is 9.53 Å². The summed E-state index contributed by atoms with van der Waals surface area (Å²) in [7, 11) is 0. The molecule has 0 spiro atoms. The molecule has 1 amide bonds. The third kappa shape index (κ3) is 3.71. The number of thiazole rings is 1. The van der Waals surface area contributed by atoms with Crippen LogP contribution in [-0.4, -0.2) is 22.5 Å². The van der Waals surface area contributed by atoms with Crippen molar-refractivity contribution in [2.45, 2.75) is 32.7 Å². The summed E-state index contributed by atoms with van der Waals surface area (Å²) in [5.74, 6) is 0.776. The minimum absolute atomic E-state index is 0.125. The van der Waals surface area contributed by atoms with Gasteiger partial charge in [-0.2, -0.15) is 0 Å². The van der Waals surface area contributed by atoms with Crippen molar-refractivity contribution >= 4 is 39.7 Å². The zero-order valence-electron chi connectivity index (χ0n) is 14.5. The Hall–Kier alpha value is -2.05. The summed E-state index contributed by atoms with van der Waals surface area (Å²) in [4.78, 5) is 19.6. The first kappa shape index (κ1) is 17.4. The van der Waals surface area contributed by atoms with Crippen LogP contribution in [0.1, 0.15) is 31.2 Å². The van der Waals surface area contributed by atoms with Crippen molar-refractivity contribution in [3.8, 4) is 5.75 Å². The van der Waals surface area contributed by atoms with E-state index in [1.165, 1.54) is 0 Å². The highest BCUT2D eigenvalue weighted by Gasteiger charge is 2.44. The molecule has 7 heteroatoms. The number of nitrogens with one attached hydrogen (secondary N) is 2. The van der Waals surface area contributed by atoms with Crippen molar-refractivity contribution in [3.05, 3.63) is 45.5 Å². The molecular weight excluding hydrogens is 370 g/mol. The first-order valence-corrected chi connectivity index (χ1v) is 9.95. The fourth-order valence-corrected chi connectivity index (χ4v) is 3.65. The molecule has 1 aromatic carbocycles. The van der Waals surface area contributed by atoms with Crippen LogP contribution in [0.3, 0.4) is 0 Å². The normalized spacial score (nSPS) is 15.2. The van der Waals surface area contributed by atoms with E-state index in [9.17, 15) is 4.79 Å². The van der Waals surface area contributed by atoms with Gasteiger partial charge in [-0.25, -0.2) is 4.98 Å². The van der Waals surface area contributed by atoms with E-state index in [-0.39, 0.29) is 11.3 Å². The topological polar surface area (TPSA) is 67.0 Å². The molecule has 4 rings (SSSR count). The molecule has 5 nitrogen and oxygen atoms in total. The molecule has 0 radical (unpaired) electrons. The van der Waals surface area contributed by atoms with Gasteiger partial charge in [-0.1, -0.05) is 18.5 Å². The fourth-order valence-electron chi connectivity index (χ4n) is 2.83. The molecule has 2 heterocycles. The van der Waals surface area contributed by atoms with Gasteiger partial charge < -0.3 is 15.0 Å². The van der Waals surface area contributed by atoms with Gasteiger partial charge in [0.2, 0.25) is 5.91 Å². The molecular formula is C19H20ClN3O2S.